The summed E-state index contributed by atoms with van der Waals surface area (Å²) < 4.78 is 6.89. The average molecular weight is 460 g/mol. The van der Waals surface area contributed by atoms with Gasteiger partial charge in [-0.05, 0) is 36.5 Å². The van der Waals surface area contributed by atoms with E-state index < -0.39 is 23.1 Å². The molecule has 0 bridgehead atoms. The van der Waals surface area contributed by atoms with Gasteiger partial charge in [-0.1, -0.05) is 39.3 Å². The molecule has 33 heavy (non-hydrogen) atoms. The van der Waals surface area contributed by atoms with Crippen molar-refractivity contribution in [3.05, 3.63) is 50.7 Å². The molecule has 0 unspecified atom stereocenters. The number of primary amides is 1. The summed E-state index contributed by atoms with van der Waals surface area (Å²) in [7, 11) is 0. The second-order valence-corrected chi connectivity index (χ2v) is 8.30. The summed E-state index contributed by atoms with van der Waals surface area (Å²) in [5.41, 5.74) is 10.8. The standard InChI is InChI=1S/C23H33N5O5/c1-4-5-11-28-21(25)20(22(31)26-23(28)32)27(12-10-15(2)3)19(30)14-33-17-8-6-16(7-9-17)13-18(24)29/h6-9,15H,4-5,10-14,25H2,1-3H3,(H2,24,29)(H,26,31,32). The first-order valence-corrected chi connectivity index (χ1v) is 11.1. The summed E-state index contributed by atoms with van der Waals surface area (Å²) in [6.45, 7) is 6.23. The lowest BCUT2D eigenvalue weighted by Gasteiger charge is -2.25. The summed E-state index contributed by atoms with van der Waals surface area (Å²) in [6.07, 6.45) is 2.27. The minimum absolute atomic E-state index is 0.0369. The number of nitrogens with one attached hydrogen (secondary N) is 1. The van der Waals surface area contributed by atoms with Crippen molar-refractivity contribution in [3.63, 3.8) is 0 Å². The number of benzene rings is 1. The number of nitrogen functional groups attached to an aromatic ring is 1. The Labute approximate surface area is 192 Å². The van der Waals surface area contributed by atoms with Gasteiger partial charge in [0.25, 0.3) is 11.5 Å². The first-order chi connectivity index (χ1) is 15.6. The first-order valence-electron chi connectivity index (χ1n) is 11.1. The summed E-state index contributed by atoms with van der Waals surface area (Å²) in [5, 5.41) is 0. The van der Waals surface area contributed by atoms with Crippen molar-refractivity contribution in [1.82, 2.24) is 9.55 Å². The second-order valence-electron chi connectivity index (χ2n) is 8.30. The van der Waals surface area contributed by atoms with E-state index in [0.29, 0.717) is 25.1 Å². The Morgan fingerprint density at radius 2 is 1.85 bits per heavy atom. The van der Waals surface area contributed by atoms with E-state index in [2.05, 4.69) is 4.98 Å². The number of carbonyl (C=O) groups excluding carboxylic acids is 2. The van der Waals surface area contributed by atoms with Gasteiger partial charge in [-0.15, -0.1) is 0 Å². The molecule has 5 N–H and O–H groups in total. The number of unbranched alkanes of at least 4 members (excludes halogenated alkanes) is 1. The van der Waals surface area contributed by atoms with Crippen LogP contribution in [0.25, 0.3) is 0 Å². The molecule has 10 nitrogen and oxygen atoms in total. The zero-order valence-electron chi connectivity index (χ0n) is 19.4. The number of amides is 2. The van der Waals surface area contributed by atoms with Gasteiger partial charge in [-0.2, -0.15) is 0 Å². The van der Waals surface area contributed by atoms with Crippen LogP contribution in [0.15, 0.2) is 33.9 Å². The van der Waals surface area contributed by atoms with Gasteiger partial charge in [0.15, 0.2) is 12.3 Å². The van der Waals surface area contributed by atoms with Crippen molar-refractivity contribution in [2.75, 3.05) is 23.8 Å². The SMILES string of the molecule is CCCCn1c(N)c(N(CCC(C)C)C(=O)COc2ccc(CC(N)=O)cc2)c(=O)[nH]c1=O. The summed E-state index contributed by atoms with van der Waals surface area (Å²) >= 11 is 0. The Morgan fingerprint density at radius 3 is 2.42 bits per heavy atom. The third-order valence-corrected chi connectivity index (χ3v) is 5.11. The predicted octanol–water partition coefficient (Wildman–Crippen LogP) is 1.40. The number of hydrogen-bond donors (Lipinski definition) is 3. The quantitative estimate of drug-likeness (QED) is 0.436. The third-order valence-electron chi connectivity index (χ3n) is 5.11. The molecule has 180 valence electrons. The fourth-order valence-electron chi connectivity index (χ4n) is 3.25. The molecule has 2 amide bonds. The Morgan fingerprint density at radius 1 is 1.18 bits per heavy atom. The Balaban J connectivity index is 2.28. The van der Waals surface area contributed by atoms with Gasteiger partial charge >= 0.3 is 5.69 Å². The van der Waals surface area contributed by atoms with Gasteiger partial charge in [-0.25, -0.2) is 4.79 Å². The number of carbonyl (C=O) groups is 2. The van der Waals surface area contributed by atoms with Crippen molar-refractivity contribution in [2.24, 2.45) is 11.7 Å². The van der Waals surface area contributed by atoms with E-state index in [1.807, 2.05) is 20.8 Å². The first kappa shape index (κ1) is 25.7. The Hall–Kier alpha value is -3.56. The topological polar surface area (TPSA) is 154 Å². The van der Waals surface area contributed by atoms with E-state index in [0.717, 1.165) is 12.0 Å². The number of rotatable bonds is 12. The van der Waals surface area contributed by atoms with Gasteiger partial charge in [0.1, 0.15) is 11.6 Å². The van der Waals surface area contributed by atoms with Gasteiger partial charge in [0.05, 0.1) is 6.42 Å². The predicted molar refractivity (Wildman–Crippen MR) is 127 cm³/mol. The van der Waals surface area contributed by atoms with E-state index >= 15 is 0 Å². The number of aromatic nitrogens is 2. The molecule has 10 heteroatoms. The maximum Gasteiger partial charge on any atom is 0.330 e. The largest absolute Gasteiger partial charge is 0.484 e. The molecule has 0 radical (unpaired) electrons. The smallest absolute Gasteiger partial charge is 0.330 e. The number of anilines is 2. The van der Waals surface area contributed by atoms with Crippen LogP contribution in [-0.4, -0.2) is 34.5 Å². The van der Waals surface area contributed by atoms with Crippen LogP contribution < -0.4 is 32.4 Å². The molecule has 0 spiro atoms. The van der Waals surface area contributed by atoms with E-state index in [9.17, 15) is 19.2 Å². The number of aromatic amines is 1. The summed E-state index contributed by atoms with van der Waals surface area (Å²) in [6, 6.07) is 6.65. The highest BCUT2D eigenvalue weighted by Gasteiger charge is 2.24. The van der Waals surface area contributed by atoms with Gasteiger partial charge < -0.3 is 21.1 Å². The highest BCUT2D eigenvalue weighted by Crippen LogP contribution is 2.20. The number of H-pyrrole nitrogens is 1. The summed E-state index contributed by atoms with van der Waals surface area (Å²) in [5.74, 6) is -0.247. The molecule has 0 atom stereocenters. The highest BCUT2D eigenvalue weighted by molar-refractivity contribution is 5.96. The molecule has 0 saturated carbocycles. The van der Waals surface area contributed by atoms with Crippen molar-refractivity contribution >= 4 is 23.3 Å². The fourth-order valence-corrected chi connectivity index (χ4v) is 3.25. The zero-order chi connectivity index (χ0) is 24.5. The number of ether oxygens (including phenoxy) is 1. The zero-order valence-corrected chi connectivity index (χ0v) is 19.4. The molecular weight excluding hydrogens is 426 g/mol. The van der Waals surface area contributed by atoms with Crippen LogP contribution >= 0.6 is 0 Å². The molecule has 1 aromatic carbocycles. The Kier molecular flexibility index (Phi) is 9.26. The molecule has 0 saturated heterocycles. The number of nitrogens with two attached hydrogens (primary N) is 2. The molecular formula is C23H33N5O5. The Bertz CT molecular complexity index is 1070. The van der Waals surface area contributed by atoms with E-state index in [-0.39, 0.29) is 37.0 Å². The molecule has 2 rings (SSSR count). The molecule has 1 heterocycles. The molecule has 0 aliphatic rings. The van der Waals surface area contributed by atoms with Crippen molar-refractivity contribution in [1.29, 1.82) is 0 Å². The van der Waals surface area contributed by atoms with Crippen LogP contribution in [0.1, 0.15) is 45.6 Å². The lowest BCUT2D eigenvalue weighted by molar-refractivity contribution is -0.120. The molecule has 0 aliphatic carbocycles. The number of nitrogens with zero attached hydrogens (tertiary/aromatic N) is 2. The molecule has 1 aromatic heterocycles. The van der Waals surface area contributed by atoms with Crippen molar-refractivity contribution in [2.45, 2.75) is 53.0 Å². The summed E-state index contributed by atoms with van der Waals surface area (Å²) in [4.78, 5) is 52.6. The maximum atomic E-state index is 13.1. The monoisotopic (exact) mass is 459 g/mol. The van der Waals surface area contributed by atoms with Gasteiger partial charge in [-0.3, -0.25) is 23.9 Å². The third kappa shape index (κ3) is 7.23. The average Bonchev–Trinajstić information content (AvgIpc) is 2.74. The lowest BCUT2D eigenvalue weighted by Crippen LogP contribution is -2.43. The fraction of sp³-hybridized carbons (Fsp3) is 0.478. The van der Waals surface area contributed by atoms with Crippen LogP contribution in [0.2, 0.25) is 0 Å². The maximum absolute atomic E-state index is 13.1. The number of hydrogen-bond acceptors (Lipinski definition) is 6. The van der Waals surface area contributed by atoms with Crippen molar-refractivity contribution in [3.8, 4) is 5.75 Å². The minimum atomic E-state index is -0.710. The van der Waals surface area contributed by atoms with Crippen LogP contribution in [-0.2, 0) is 22.6 Å². The van der Waals surface area contributed by atoms with Crippen LogP contribution in [0.3, 0.4) is 0 Å². The van der Waals surface area contributed by atoms with Gasteiger partial charge in [0, 0.05) is 13.1 Å². The van der Waals surface area contributed by atoms with Gasteiger partial charge in [0.2, 0.25) is 5.91 Å². The van der Waals surface area contributed by atoms with Crippen LogP contribution in [0, 0.1) is 5.92 Å². The molecule has 0 aliphatic heterocycles. The van der Waals surface area contributed by atoms with Crippen LogP contribution in [0.5, 0.6) is 5.75 Å². The van der Waals surface area contributed by atoms with E-state index in [1.54, 1.807) is 24.3 Å². The molecule has 0 fully saturated rings. The van der Waals surface area contributed by atoms with E-state index in [1.165, 1.54) is 9.47 Å². The van der Waals surface area contributed by atoms with Crippen molar-refractivity contribution < 1.29 is 14.3 Å². The minimum Gasteiger partial charge on any atom is -0.484 e. The molecule has 2 aromatic rings. The highest BCUT2D eigenvalue weighted by atomic mass is 16.5. The second kappa shape index (κ2) is 11.9. The normalized spacial score (nSPS) is 10.9. The van der Waals surface area contributed by atoms with Crippen LogP contribution in [0.4, 0.5) is 11.5 Å². The lowest BCUT2D eigenvalue weighted by atomic mass is 10.1. The van der Waals surface area contributed by atoms with E-state index in [4.69, 9.17) is 16.2 Å².